The summed E-state index contributed by atoms with van der Waals surface area (Å²) in [7, 11) is 0. The first-order chi connectivity index (χ1) is 12.7. The van der Waals surface area contributed by atoms with Crippen LogP contribution in [-0.4, -0.2) is 21.3 Å². The summed E-state index contributed by atoms with van der Waals surface area (Å²) in [6.45, 7) is 1.89. The number of carbonyl (C=O) groups excluding carboxylic acids is 1. The number of aryl methyl sites for hydroxylation is 2. The highest BCUT2D eigenvalue weighted by atomic mass is 32.2. The molecule has 0 bridgehead atoms. The van der Waals surface area contributed by atoms with Crippen molar-refractivity contribution in [2.75, 3.05) is 5.32 Å². The number of amides is 1. The van der Waals surface area contributed by atoms with E-state index in [0.717, 1.165) is 24.1 Å². The fraction of sp³-hybridized carbons (Fsp3) is 0.316. The maximum absolute atomic E-state index is 12.4. The lowest BCUT2D eigenvalue weighted by Gasteiger charge is -2.12. The predicted molar refractivity (Wildman–Crippen MR) is 105 cm³/mol. The first kappa shape index (κ1) is 17.3. The van der Waals surface area contributed by atoms with E-state index >= 15 is 0 Å². The Morgan fingerprint density at radius 2 is 2.23 bits per heavy atom. The fourth-order valence-electron chi connectivity index (χ4n) is 2.99. The largest absolute Gasteiger partial charge is 0.338 e. The molecule has 26 heavy (non-hydrogen) atoms. The maximum atomic E-state index is 12.4. The summed E-state index contributed by atoms with van der Waals surface area (Å²) in [4.78, 5) is 16.8. The Hall–Kier alpha value is -2.12. The molecule has 0 fully saturated rings. The van der Waals surface area contributed by atoms with Gasteiger partial charge in [-0.05, 0) is 60.9 Å². The Morgan fingerprint density at radius 3 is 3.08 bits per heavy atom. The van der Waals surface area contributed by atoms with Crippen molar-refractivity contribution in [3.05, 3.63) is 52.0 Å². The first-order valence-corrected chi connectivity index (χ1v) is 10.6. The highest BCUT2D eigenvalue weighted by Crippen LogP contribution is 2.26. The van der Waals surface area contributed by atoms with E-state index in [4.69, 9.17) is 4.52 Å². The molecule has 3 aromatic rings. The predicted octanol–water partition coefficient (Wildman–Crippen LogP) is 4.55. The molecule has 0 aliphatic heterocycles. The zero-order valence-electron chi connectivity index (χ0n) is 14.4. The number of rotatable bonds is 6. The molecule has 1 aliphatic carbocycles. The van der Waals surface area contributed by atoms with Gasteiger partial charge in [-0.2, -0.15) is 16.3 Å². The average molecular weight is 386 g/mol. The van der Waals surface area contributed by atoms with Gasteiger partial charge in [-0.15, -0.1) is 11.8 Å². The number of carbonyl (C=O) groups is 1. The summed E-state index contributed by atoms with van der Waals surface area (Å²) in [5.74, 6) is 1.63. The molecule has 7 heteroatoms. The van der Waals surface area contributed by atoms with E-state index in [0.29, 0.717) is 17.5 Å². The van der Waals surface area contributed by atoms with E-state index < -0.39 is 0 Å². The van der Waals surface area contributed by atoms with Crippen LogP contribution in [0.1, 0.15) is 30.4 Å². The van der Waals surface area contributed by atoms with Crippen molar-refractivity contribution in [1.29, 1.82) is 0 Å². The van der Waals surface area contributed by atoms with Crippen molar-refractivity contribution in [3.63, 3.8) is 0 Å². The number of thioether (sulfide) groups is 1. The van der Waals surface area contributed by atoms with Crippen molar-refractivity contribution in [2.45, 2.75) is 37.2 Å². The SMILES string of the molecule is C[C@@H](SCc1nc(-c2ccsc2)no1)C(=O)Nc1ccc2c(c1)CCC2. The van der Waals surface area contributed by atoms with E-state index in [2.05, 4.69) is 27.6 Å². The van der Waals surface area contributed by atoms with Gasteiger partial charge in [0.1, 0.15) is 0 Å². The van der Waals surface area contributed by atoms with Crippen LogP contribution in [-0.2, 0) is 23.4 Å². The number of nitrogens with zero attached hydrogens (tertiary/aromatic N) is 2. The lowest BCUT2D eigenvalue weighted by atomic mass is 10.1. The third-order valence-electron chi connectivity index (χ3n) is 4.44. The molecule has 134 valence electrons. The number of hydrogen-bond donors (Lipinski definition) is 1. The number of nitrogens with one attached hydrogen (secondary N) is 1. The molecule has 1 N–H and O–H groups in total. The van der Waals surface area contributed by atoms with Gasteiger partial charge in [0.05, 0.1) is 11.0 Å². The van der Waals surface area contributed by atoms with Crippen molar-refractivity contribution >= 4 is 34.7 Å². The van der Waals surface area contributed by atoms with Gasteiger partial charge >= 0.3 is 0 Å². The third-order valence-corrected chi connectivity index (χ3v) is 6.25. The number of benzene rings is 1. The smallest absolute Gasteiger partial charge is 0.237 e. The van der Waals surface area contributed by atoms with Gasteiger partial charge in [0.2, 0.25) is 17.6 Å². The molecule has 0 unspecified atom stereocenters. The van der Waals surface area contributed by atoms with Crippen molar-refractivity contribution in [2.24, 2.45) is 0 Å². The van der Waals surface area contributed by atoms with E-state index in [-0.39, 0.29) is 11.2 Å². The lowest BCUT2D eigenvalue weighted by molar-refractivity contribution is -0.115. The fourth-order valence-corrected chi connectivity index (χ4v) is 4.34. The second-order valence-electron chi connectivity index (χ2n) is 6.30. The standard InChI is InChI=1S/C19H19N3O2S2/c1-12(19(23)20-16-6-5-13-3-2-4-14(13)9-16)26-11-17-21-18(22-24-17)15-7-8-25-10-15/h5-10,12H,2-4,11H2,1H3,(H,20,23)/t12-/m1/s1. The molecular weight excluding hydrogens is 366 g/mol. The van der Waals surface area contributed by atoms with E-state index in [1.54, 1.807) is 11.3 Å². The molecular formula is C19H19N3O2S2. The normalized spacial score (nSPS) is 14.2. The van der Waals surface area contributed by atoms with Crippen LogP contribution in [0.3, 0.4) is 0 Å². The van der Waals surface area contributed by atoms with Crippen LogP contribution in [0.25, 0.3) is 11.4 Å². The van der Waals surface area contributed by atoms with E-state index in [9.17, 15) is 4.79 Å². The minimum atomic E-state index is -0.209. The highest BCUT2D eigenvalue weighted by molar-refractivity contribution is 7.99. The van der Waals surface area contributed by atoms with Gasteiger partial charge in [0.15, 0.2) is 0 Å². The molecule has 1 aromatic carbocycles. The quantitative estimate of drug-likeness (QED) is 0.674. The average Bonchev–Trinajstić information content (AvgIpc) is 3.39. The lowest BCUT2D eigenvalue weighted by Crippen LogP contribution is -2.22. The Balaban J connectivity index is 1.31. The third kappa shape index (κ3) is 3.83. The summed E-state index contributed by atoms with van der Waals surface area (Å²) in [6, 6.07) is 8.17. The van der Waals surface area contributed by atoms with Gasteiger partial charge in [-0.3, -0.25) is 4.79 Å². The molecule has 0 radical (unpaired) electrons. The molecule has 2 heterocycles. The Morgan fingerprint density at radius 1 is 1.35 bits per heavy atom. The van der Waals surface area contributed by atoms with Crippen LogP contribution in [0.5, 0.6) is 0 Å². The zero-order valence-corrected chi connectivity index (χ0v) is 16.0. The van der Waals surface area contributed by atoms with Crippen LogP contribution in [0.2, 0.25) is 0 Å². The molecule has 1 atom stereocenters. The number of thiophene rings is 1. The van der Waals surface area contributed by atoms with Gasteiger partial charge in [0, 0.05) is 16.6 Å². The zero-order chi connectivity index (χ0) is 17.9. The number of fused-ring (bicyclic) bond motifs is 1. The van der Waals surface area contributed by atoms with E-state index in [1.165, 1.54) is 29.3 Å². The van der Waals surface area contributed by atoms with Crippen LogP contribution >= 0.6 is 23.1 Å². The molecule has 0 saturated carbocycles. The van der Waals surface area contributed by atoms with E-state index in [1.807, 2.05) is 29.8 Å². The van der Waals surface area contributed by atoms with Crippen molar-refractivity contribution in [3.8, 4) is 11.4 Å². The van der Waals surface area contributed by atoms with Crippen LogP contribution in [0.15, 0.2) is 39.5 Å². The summed E-state index contributed by atoms with van der Waals surface area (Å²) in [6.07, 6.45) is 3.46. The molecule has 4 rings (SSSR count). The maximum Gasteiger partial charge on any atom is 0.237 e. The van der Waals surface area contributed by atoms with Crippen LogP contribution in [0.4, 0.5) is 5.69 Å². The summed E-state index contributed by atoms with van der Waals surface area (Å²) in [5.41, 5.74) is 4.59. The summed E-state index contributed by atoms with van der Waals surface area (Å²) >= 11 is 3.08. The molecule has 2 aromatic heterocycles. The van der Waals surface area contributed by atoms with Crippen LogP contribution < -0.4 is 5.32 Å². The molecule has 0 saturated heterocycles. The number of anilines is 1. The molecule has 1 aliphatic rings. The molecule has 5 nitrogen and oxygen atoms in total. The second kappa shape index (κ2) is 7.63. The Kier molecular flexibility index (Phi) is 5.08. The van der Waals surface area contributed by atoms with Crippen molar-refractivity contribution in [1.82, 2.24) is 10.1 Å². The number of hydrogen-bond acceptors (Lipinski definition) is 6. The summed E-state index contributed by atoms with van der Waals surface area (Å²) in [5, 5.41) is 10.7. The minimum absolute atomic E-state index is 0.00878. The highest BCUT2D eigenvalue weighted by Gasteiger charge is 2.17. The monoisotopic (exact) mass is 385 g/mol. The molecule has 0 spiro atoms. The first-order valence-electron chi connectivity index (χ1n) is 8.58. The topological polar surface area (TPSA) is 68.0 Å². The minimum Gasteiger partial charge on any atom is -0.338 e. The van der Waals surface area contributed by atoms with Crippen molar-refractivity contribution < 1.29 is 9.32 Å². The number of aromatic nitrogens is 2. The molecule has 1 amide bonds. The van der Waals surface area contributed by atoms with Gasteiger partial charge < -0.3 is 9.84 Å². The van der Waals surface area contributed by atoms with Gasteiger partial charge in [-0.1, -0.05) is 11.2 Å². The Bertz CT molecular complexity index is 905. The Labute approximate surface area is 160 Å². The second-order valence-corrected chi connectivity index (χ2v) is 8.41. The van der Waals surface area contributed by atoms with Crippen LogP contribution in [0, 0.1) is 0 Å². The van der Waals surface area contributed by atoms with Gasteiger partial charge in [-0.25, -0.2) is 0 Å². The summed E-state index contributed by atoms with van der Waals surface area (Å²) < 4.78 is 5.28. The van der Waals surface area contributed by atoms with Gasteiger partial charge in [0.25, 0.3) is 0 Å².